The van der Waals surface area contributed by atoms with Crippen LogP contribution in [-0.2, 0) is 4.74 Å². The minimum atomic E-state index is -0.0735. The molecule has 2 aliphatic heterocycles. The van der Waals surface area contributed by atoms with Crippen LogP contribution in [0.3, 0.4) is 0 Å². The van der Waals surface area contributed by atoms with E-state index < -0.39 is 0 Å². The first-order chi connectivity index (χ1) is 10.8. The molecular formula is C16H22N4O2. The summed E-state index contributed by atoms with van der Waals surface area (Å²) < 4.78 is 5.72. The second-order valence-corrected chi connectivity index (χ2v) is 7.03. The highest BCUT2D eigenvalue weighted by Gasteiger charge is 2.51. The van der Waals surface area contributed by atoms with Crippen LogP contribution in [0.5, 0.6) is 0 Å². The van der Waals surface area contributed by atoms with E-state index in [2.05, 4.69) is 20.4 Å². The largest absolute Gasteiger partial charge is 0.380 e. The molecule has 2 atom stereocenters. The molecule has 1 aromatic heterocycles. The third-order valence-electron chi connectivity index (χ3n) is 5.25. The third kappa shape index (κ3) is 2.73. The molecule has 0 unspecified atom stereocenters. The molecule has 3 heterocycles. The van der Waals surface area contributed by atoms with Crippen LogP contribution in [-0.4, -0.2) is 60.4 Å². The maximum atomic E-state index is 12.2. The molecule has 6 nitrogen and oxygen atoms in total. The number of rotatable bonds is 5. The van der Waals surface area contributed by atoms with Gasteiger partial charge < -0.3 is 15.0 Å². The Balaban J connectivity index is 1.38. The highest BCUT2D eigenvalue weighted by Crippen LogP contribution is 2.42. The lowest BCUT2D eigenvalue weighted by Crippen LogP contribution is -2.43. The summed E-state index contributed by atoms with van der Waals surface area (Å²) in [6, 6.07) is 1.69. The zero-order chi connectivity index (χ0) is 15.0. The second-order valence-electron chi connectivity index (χ2n) is 7.03. The molecule has 1 aliphatic carbocycles. The number of nitrogens with zero attached hydrogens (tertiary/aromatic N) is 3. The molecule has 4 rings (SSSR count). The zero-order valence-electron chi connectivity index (χ0n) is 12.7. The molecule has 3 fully saturated rings. The first-order valence-corrected chi connectivity index (χ1v) is 8.10. The smallest absolute Gasteiger partial charge is 0.252 e. The Kier molecular flexibility index (Phi) is 3.58. The number of likely N-dealkylation sites (tertiary alicyclic amines) is 1. The Bertz CT molecular complexity index is 548. The van der Waals surface area contributed by atoms with Crippen molar-refractivity contribution >= 4 is 5.91 Å². The van der Waals surface area contributed by atoms with Crippen LogP contribution in [0.2, 0.25) is 0 Å². The standard InChI is InChI=1S/C16H22N4O2/c21-15(13-3-4-18-19-5-13)17-9-16-10-20(6-12-1-2-12)7-14(16)8-22-11-16/h3-5,12,14H,1-2,6-11H2,(H,17,21)/t14-,16+/m0/s1. The van der Waals surface area contributed by atoms with E-state index in [1.807, 2.05) is 0 Å². The van der Waals surface area contributed by atoms with Gasteiger partial charge in [0.1, 0.15) is 0 Å². The number of nitrogens with one attached hydrogen (secondary N) is 1. The number of carbonyl (C=O) groups excluding carboxylic acids is 1. The summed E-state index contributed by atoms with van der Waals surface area (Å²) in [6.07, 6.45) is 5.82. The predicted octanol–water partition coefficient (Wildman–Crippen LogP) is 0.565. The summed E-state index contributed by atoms with van der Waals surface area (Å²) in [7, 11) is 0. The van der Waals surface area contributed by atoms with E-state index in [1.165, 1.54) is 25.6 Å². The first-order valence-electron chi connectivity index (χ1n) is 8.10. The maximum absolute atomic E-state index is 12.2. The van der Waals surface area contributed by atoms with E-state index >= 15 is 0 Å². The lowest BCUT2D eigenvalue weighted by atomic mass is 9.81. The van der Waals surface area contributed by atoms with E-state index in [1.54, 1.807) is 12.3 Å². The number of amides is 1. The molecule has 118 valence electrons. The van der Waals surface area contributed by atoms with E-state index in [4.69, 9.17) is 4.74 Å². The van der Waals surface area contributed by atoms with Gasteiger partial charge in [0, 0.05) is 37.5 Å². The van der Waals surface area contributed by atoms with Gasteiger partial charge in [0.05, 0.1) is 31.2 Å². The quantitative estimate of drug-likeness (QED) is 0.861. The van der Waals surface area contributed by atoms with Gasteiger partial charge in [0.15, 0.2) is 0 Å². The number of fused-ring (bicyclic) bond motifs is 1. The van der Waals surface area contributed by atoms with Crippen LogP contribution < -0.4 is 5.32 Å². The van der Waals surface area contributed by atoms with Crippen LogP contribution in [0.25, 0.3) is 0 Å². The highest BCUT2D eigenvalue weighted by atomic mass is 16.5. The number of hydrogen-bond acceptors (Lipinski definition) is 5. The van der Waals surface area contributed by atoms with Gasteiger partial charge in [-0.05, 0) is 24.8 Å². The van der Waals surface area contributed by atoms with Gasteiger partial charge in [-0.25, -0.2) is 0 Å². The maximum Gasteiger partial charge on any atom is 0.252 e. The Labute approximate surface area is 130 Å². The van der Waals surface area contributed by atoms with E-state index in [0.717, 1.165) is 32.2 Å². The summed E-state index contributed by atoms with van der Waals surface area (Å²) in [5.74, 6) is 1.38. The second kappa shape index (κ2) is 5.59. The van der Waals surface area contributed by atoms with Crippen molar-refractivity contribution in [3.8, 4) is 0 Å². The fourth-order valence-electron chi connectivity index (χ4n) is 3.78. The third-order valence-corrected chi connectivity index (χ3v) is 5.25. The minimum absolute atomic E-state index is 0.0735. The molecule has 1 N–H and O–H groups in total. The van der Waals surface area contributed by atoms with Crippen molar-refractivity contribution in [2.75, 3.05) is 39.4 Å². The van der Waals surface area contributed by atoms with Gasteiger partial charge in [-0.1, -0.05) is 0 Å². The molecule has 0 radical (unpaired) electrons. The highest BCUT2D eigenvalue weighted by molar-refractivity contribution is 5.93. The van der Waals surface area contributed by atoms with Gasteiger partial charge in [-0.2, -0.15) is 10.2 Å². The van der Waals surface area contributed by atoms with E-state index in [9.17, 15) is 4.79 Å². The number of ether oxygens (including phenoxy) is 1. The molecular weight excluding hydrogens is 280 g/mol. The van der Waals surface area contributed by atoms with Gasteiger partial charge in [0.25, 0.3) is 5.91 Å². The molecule has 1 amide bonds. The monoisotopic (exact) mass is 302 g/mol. The Morgan fingerprint density at radius 2 is 2.36 bits per heavy atom. The zero-order valence-corrected chi connectivity index (χ0v) is 12.7. The predicted molar refractivity (Wildman–Crippen MR) is 80.3 cm³/mol. The summed E-state index contributed by atoms with van der Waals surface area (Å²) >= 11 is 0. The average molecular weight is 302 g/mol. The van der Waals surface area contributed by atoms with Crippen molar-refractivity contribution in [3.05, 3.63) is 24.0 Å². The van der Waals surface area contributed by atoms with Crippen molar-refractivity contribution in [2.45, 2.75) is 12.8 Å². The van der Waals surface area contributed by atoms with Crippen molar-refractivity contribution in [3.63, 3.8) is 0 Å². The number of aromatic nitrogens is 2. The summed E-state index contributed by atoms with van der Waals surface area (Å²) in [5, 5.41) is 10.5. The SMILES string of the molecule is O=C(NC[C@@]12COC[C@@H]1CN(CC1CC1)C2)c1ccnnc1. The van der Waals surface area contributed by atoms with Crippen molar-refractivity contribution in [2.24, 2.45) is 17.3 Å². The van der Waals surface area contributed by atoms with E-state index in [0.29, 0.717) is 18.0 Å². The topological polar surface area (TPSA) is 67.3 Å². The number of carbonyl (C=O) groups is 1. The molecule has 22 heavy (non-hydrogen) atoms. The van der Waals surface area contributed by atoms with Crippen molar-refractivity contribution in [1.82, 2.24) is 20.4 Å². The van der Waals surface area contributed by atoms with Crippen LogP contribution in [0.4, 0.5) is 0 Å². The molecule has 0 aromatic carbocycles. The van der Waals surface area contributed by atoms with Gasteiger partial charge in [-0.3, -0.25) is 4.79 Å². The molecule has 6 heteroatoms. The molecule has 1 aromatic rings. The van der Waals surface area contributed by atoms with Gasteiger partial charge in [0.2, 0.25) is 0 Å². The Morgan fingerprint density at radius 1 is 1.45 bits per heavy atom. The van der Waals surface area contributed by atoms with Crippen LogP contribution in [0.1, 0.15) is 23.2 Å². The molecule has 2 saturated heterocycles. The Hall–Kier alpha value is -1.53. The lowest BCUT2D eigenvalue weighted by molar-refractivity contribution is 0.0904. The summed E-state index contributed by atoms with van der Waals surface area (Å²) in [6.45, 7) is 5.65. The molecule has 0 spiro atoms. The van der Waals surface area contributed by atoms with Gasteiger partial charge in [-0.15, -0.1) is 0 Å². The minimum Gasteiger partial charge on any atom is -0.380 e. The first kappa shape index (κ1) is 14.1. The van der Waals surface area contributed by atoms with Crippen LogP contribution in [0, 0.1) is 17.3 Å². The fraction of sp³-hybridized carbons (Fsp3) is 0.688. The number of hydrogen-bond donors (Lipinski definition) is 1. The summed E-state index contributed by atoms with van der Waals surface area (Å²) in [4.78, 5) is 14.8. The van der Waals surface area contributed by atoms with Gasteiger partial charge >= 0.3 is 0 Å². The summed E-state index contributed by atoms with van der Waals surface area (Å²) in [5.41, 5.74) is 0.653. The van der Waals surface area contributed by atoms with Crippen molar-refractivity contribution in [1.29, 1.82) is 0 Å². The normalized spacial score (nSPS) is 31.2. The molecule has 3 aliphatic rings. The van der Waals surface area contributed by atoms with Crippen molar-refractivity contribution < 1.29 is 9.53 Å². The fourth-order valence-corrected chi connectivity index (χ4v) is 3.78. The average Bonchev–Trinajstić information content (AvgIpc) is 3.16. The van der Waals surface area contributed by atoms with Crippen LogP contribution in [0.15, 0.2) is 18.5 Å². The van der Waals surface area contributed by atoms with Crippen LogP contribution >= 0.6 is 0 Å². The lowest BCUT2D eigenvalue weighted by Gasteiger charge is -2.27. The Morgan fingerprint density at radius 3 is 3.14 bits per heavy atom. The molecule has 1 saturated carbocycles. The van der Waals surface area contributed by atoms with E-state index in [-0.39, 0.29) is 11.3 Å². The molecule has 0 bridgehead atoms.